The van der Waals surface area contributed by atoms with E-state index in [1.807, 2.05) is 0 Å². The highest BCUT2D eigenvalue weighted by Crippen LogP contribution is 2.44. The summed E-state index contributed by atoms with van der Waals surface area (Å²) in [4.78, 5) is 33.4. The fraction of sp³-hybridized carbons (Fsp3) is 0.435. The molecule has 0 aliphatic carbocycles. The van der Waals surface area contributed by atoms with Crippen LogP contribution < -0.4 is 0 Å². The minimum absolute atomic E-state index is 0.142. The van der Waals surface area contributed by atoms with Crippen LogP contribution in [0.4, 0.5) is 8.78 Å². The number of aromatic nitrogens is 1. The van der Waals surface area contributed by atoms with E-state index in [4.69, 9.17) is 4.74 Å². The lowest BCUT2D eigenvalue weighted by Crippen LogP contribution is -2.52. The molecule has 6 nitrogen and oxygen atoms in total. The maximum atomic E-state index is 13.9. The number of piperidine rings is 1. The molecule has 0 N–H and O–H groups in total. The zero-order valence-electron chi connectivity index (χ0n) is 17.4. The van der Waals surface area contributed by atoms with Crippen molar-refractivity contribution in [1.29, 1.82) is 0 Å². The van der Waals surface area contributed by atoms with Crippen LogP contribution in [0.3, 0.4) is 0 Å². The van der Waals surface area contributed by atoms with E-state index >= 15 is 0 Å². The largest absolute Gasteiger partial charge is 0.342 e. The average Bonchev–Trinajstić information content (AvgIpc) is 3.26. The summed E-state index contributed by atoms with van der Waals surface area (Å²) in [7, 11) is 0. The number of likely N-dealkylation sites (tertiary alicyclic amines) is 1. The molecule has 2 atom stereocenters. The molecule has 1 aromatic heterocycles. The molecule has 0 unspecified atom stereocenters. The lowest BCUT2D eigenvalue weighted by atomic mass is 9.89. The average molecular weight is 429 g/mol. The van der Waals surface area contributed by atoms with E-state index in [0.29, 0.717) is 50.0 Å². The Kier molecular flexibility index (Phi) is 5.75. The number of rotatable bonds is 4. The van der Waals surface area contributed by atoms with Gasteiger partial charge < -0.3 is 14.5 Å². The fourth-order valence-electron chi connectivity index (χ4n) is 4.64. The van der Waals surface area contributed by atoms with Crippen LogP contribution in [0.2, 0.25) is 0 Å². The summed E-state index contributed by atoms with van der Waals surface area (Å²) in [6.07, 6.45) is 5.17. The van der Waals surface area contributed by atoms with Gasteiger partial charge in [-0.05, 0) is 43.5 Å². The molecule has 3 saturated heterocycles. The molecule has 1 spiro atoms. The van der Waals surface area contributed by atoms with Gasteiger partial charge in [-0.1, -0.05) is 12.6 Å². The monoisotopic (exact) mass is 429 g/mol. The van der Waals surface area contributed by atoms with Crippen molar-refractivity contribution in [3.05, 3.63) is 66.0 Å². The lowest BCUT2D eigenvalue weighted by Gasteiger charge is -2.37. The van der Waals surface area contributed by atoms with Crippen LogP contribution in [-0.2, 0) is 9.53 Å². The minimum Gasteiger partial charge on any atom is -0.342 e. The Balaban J connectivity index is 1.44. The molecule has 31 heavy (non-hydrogen) atoms. The van der Waals surface area contributed by atoms with Crippen LogP contribution in [-0.4, -0.2) is 57.6 Å². The Morgan fingerprint density at radius 2 is 2.00 bits per heavy atom. The molecule has 3 aliphatic heterocycles. The Morgan fingerprint density at radius 1 is 1.26 bits per heavy atom. The summed E-state index contributed by atoms with van der Waals surface area (Å²) >= 11 is 0. The molecular weight excluding hydrogens is 404 g/mol. The molecule has 1 aromatic rings. The summed E-state index contributed by atoms with van der Waals surface area (Å²) < 4.78 is 33.0. The third kappa shape index (κ3) is 4.04. The van der Waals surface area contributed by atoms with Gasteiger partial charge in [0.25, 0.3) is 11.8 Å². The summed E-state index contributed by atoms with van der Waals surface area (Å²) in [5.41, 5.74) is -0.183. The van der Waals surface area contributed by atoms with Crippen LogP contribution in [0.15, 0.2) is 60.4 Å². The van der Waals surface area contributed by atoms with E-state index in [1.54, 1.807) is 34.2 Å². The van der Waals surface area contributed by atoms with Gasteiger partial charge in [0.2, 0.25) is 0 Å². The number of carbonyl (C=O) groups excluding carboxylic acids is 2. The van der Waals surface area contributed by atoms with Crippen molar-refractivity contribution in [1.82, 2.24) is 14.8 Å². The SMILES string of the molecule is C=C(/C=C(F)\C=C(/C)F)[C@@H]1CC[C@H]2OC3(CCN(C(=O)c4ccccn4)CC3)C(=O)N21. The maximum Gasteiger partial charge on any atom is 0.272 e. The molecule has 164 valence electrons. The molecule has 3 aliphatic rings. The second kappa shape index (κ2) is 8.34. The smallest absolute Gasteiger partial charge is 0.272 e. The second-order valence-corrected chi connectivity index (χ2v) is 8.21. The van der Waals surface area contributed by atoms with Crippen molar-refractivity contribution < 1.29 is 23.1 Å². The van der Waals surface area contributed by atoms with Gasteiger partial charge in [0.15, 0.2) is 5.60 Å². The number of fused-ring (bicyclic) bond motifs is 1. The predicted molar refractivity (Wildman–Crippen MR) is 110 cm³/mol. The molecule has 3 fully saturated rings. The first-order valence-corrected chi connectivity index (χ1v) is 10.4. The number of allylic oxidation sites excluding steroid dienone is 3. The number of carbonyl (C=O) groups is 2. The first-order valence-electron chi connectivity index (χ1n) is 10.4. The third-order valence-electron chi connectivity index (χ3n) is 6.15. The molecule has 8 heteroatoms. The van der Waals surface area contributed by atoms with E-state index < -0.39 is 17.3 Å². The van der Waals surface area contributed by atoms with Crippen LogP contribution in [0, 0.1) is 0 Å². The number of hydrogen-bond acceptors (Lipinski definition) is 4. The molecule has 0 radical (unpaired) electrons. The van der Waals surface area contributed by atoms with Crippen LogP contribution in [0.1, 0.15) is 43.1 Å². The quantitative estimate of drug-likeness (QED) is 0.685. The van der Waals surface area contributed by atoms with Crippen molar-refractivity contribution in [2.75, 3.05) is 13.1 Å². The lowest BCUT2D eigenvalue weighted by molar-refractivity contribution is -0.142. The number of pyridine rings is 1. The van der Waals surface area contributed by atoms with Gasteiger partial charge in [-0.3, -0.25) is 14.6 Å². The van der Waals surface area contributed by atoms with Crippen molar-refractivity contribution >= 4 is 11.8 Å². The Morgan fingerprint density at radius 3 is 2.65 bits per heavy atom. The van der Waals surface area contributed by atoms with Crippen LogP contribution in [0.25, 0.3) is 0 Å². The van der Waals surface area contributed by atoms with Gasteiger partial charge >= 0.3 is 0 Å². The van der Waals surface area contributed by atoms with E-state index in [2.05, 4.69) is 11.6 Å². The summed E-state index contributed by atoms with van der Waals surface area (Å²) in [5, 5.41) is 0. The standard InChI is InChI=1S/C23H25F2N3O3/c1-15(13-17(25)14-16(2)24)19-6-7-20-28(19)22(30)23(31-20)8-11-27(12-9-23)21(29)18-5-3-4-10-26-18/h3-5,10,13-14,19-20H,1,6-9,11-12H2,2H3/b16-14+,17-13+/t19-,20+/m0/s1. The topological polar surface area (TPSA) is 62.7 Å². The number of nitrogens with zero attached hydrogens (tertiary/aromatic N) is 3. The van der Waals surface area contributed by atoms with Crippen molar-refractivity contribution in [2.45, 2.75) is 50.5 Å². The highest BCUT2D eigenvalue weighted by Gasteiger charge is 2.58. The predicted octanol–water partition coefficient (Wildman–Crippen LogP) is 3.69. The van der Waals surface area contributed by atoms with Gasteiger partial charge in [0.05, 0.1) is 11.9 Å². The molecule has 4 rings (SSSR count). The molecule has 0 saturated carbocycles. The number of amides is 2. The minimum atomic E-state index is -0.970. The van der Waals surface area contributed by atoms with E-state index in [1.165, 1.54) is 6.08 Å². The summed E-state index contributed by atoms with van der Waals surface area (Å²) in [6, 6.07) is 4.80. The van der Waals surface area contributed by atoms with E-state index in [-0.39, 0.29) is 24.1 Å². The first kappa shape index (κ1) is 21.4. The first-order chi connectivity index (χ1) is 14.8. The molecule has 0 bridgehead atoms. The zero-order chi connectivity index (χ0) is 22.2. The van der Waals surface area contributed by atoms with Crippen molar-refractivity contribution in [3.8, 4) is 0 Å². The third-order valence-corrected chi connectivity index (χ3v) is 6.15. The van der Waals surface area contributed by atoms with Gasteiger partial charge in [0.1, 0.15) is 17.7 Å². The Bertz CT molecular complexity index is 948. The van der Waals surface area contributed by atoms with Crippen molar-refractivity contribution in [2.24, 2.45) is 0 Å². The van der Waals surface area contributed by atoms with Gasteiger partial charge in [-0.2, -0.15) is 0 Å². The Labute approximate surface area is 179 Å². The Hall–Kier alpha value is -2.87. The summed E-state index contributed by atoms with van der Waals surface area (Å²) in [5.74, 6) is -1.68. The van der Waals surface area contributed by atoms with Crippen LogP contribution >= 0.6 is 0 Å². The highest BCUT2D eigenvalue weighted by molar-refractivity contribution is 5.93. The van der Waals surface area contributed by atoms with Gasteiger partial charge in [-0.15, -0.1) is 0 Å². The normalized spacial score (nSPS) is 25.8. The fourth-order valence-corrected chi connectivity index (χ4v) is 4.64. The number of hydrogen-bond donors (Lipinski definition) is 0. The number of ether oxygens (including phenoxy) is 1. The molecule has 0 aromatic carbocycles. The zero-order valence-corrected chi connectivity index (χ0v) is 17.4. The van der Waals surface area contributed by atoms with Crippen molar-refractivity contribution in [3.63, 3.8) is 0 Å². The molecule has 2 amide bonds. The highest BCUT2D eigenvalue weighted by atomic mass is 19.1. The number of halogens is 2. The van der Waals surface area contributed by atoms with Gasteiger partial charge in [-0.25, -0.2) is 8.78 Å². The molecule has 4 heterocycles. The summed E-state index contributed by atoms with van der Waals surface area (Å²) in [6.45, 7) is 5.85. The van der Waals surface area contributed by atoms with Crippen LogP contribution in [0.5, 0.6) is 0 Å². The molecular formula is C23H25F2N3O3. The van der Waals surface area contributed by atoms with E-state index in [9.17, 15) is 18.4 Å². The maximum absolute atomic E-state index is 13.9. The van der Waals surface area contributed by atoms with Gasteiger partial charge in [0, 0.05) is 38.2 Å². The van der Waals surface area contributed by atoms with E-state index in [0.717, 1.165) is 13.0 Å². The second-order valence-electron chi connectivity index (χ2n) is 8.21.